The Morgan fingerprint density at radius 1 is 1.08 bits per heavy atom. The van der Waals surface area contributed by atoms with Crippen LogP contribution in [0.5, 0.6) is 5.75 Å². The summed E-state index contributed by atoms with van der Waals surface area (Å²) in [6, 6.07) is 14.8. The normalized spacial score (nSPS) is 14.9. The van der Waals surface area contributed by atoms with Gasteiger partial charge in [-0.1, -0.05) is 12.1 Å². The minimum absolute atomic E-state index is 0.0180. The third-order valence-electron chi connectivity index (χ3n) is 4.71. The molecule has 1 amide bonds. The highest BCUT2D eigenvalue weighted by Crippen LogP contribution is 2.25. The van der Waals surface area contributed by atoms with Crippen LogP contribution in [0.25, 0.3) is 0 Å². The van der Waals surface area contributed by atoms with Crippen molar-refractivity contribution in [2.75, 3.05) is 19.7 Å². The number of carbonyl (C=O) groups is 2. The van der Waals surface area contributed by atoms with Gasteiger partial charge in [-0.3, -0.25) is 9.59 Å². The predicted octanol–water partition coefficient (Wildman–Crippen LogP) is 4.58. The van der Waals surface area contributed by atoms with E-state index in [1.165, 1.54) is 0 Å². The highest BCUT2D eigenvalue weighted by Gasteiger charge is 2.28. The maximum Gasteiger partial charge on any atom is 0.254 e. The first-order valence-corrected chi connectivity index (χ1v) is 9.70. The lowest BCUT2D eigenvalue weighted by atomic mass is 9.88. The van der Waals surface area contributed by atoms with Gasteiger partial charge in [0, 0.05) is 29.0 Å². The van der Waals surface area contributed by atoms with Crippen LogP contribution in [0.4, 0.5) is 0 Å². The molecule has 0 atom stereocenters. The van der Waals surface area contributed by atoms with E-state index in [4.69, 9.17) is 4.74 Å². The monoisotopic (exact) mass is 415 g/mol. The summed E-state index contributed by atoms with van der Waals surface area (Å²) in [5.41, 5.74) is 1.38. The maximum atomic E-state index is 12.7. The van der Waals surface area contributed by atoms with Gasteiger partial charge < -0.3 is 9.64 Å². The fourth-order valence-electron chi connectivity index (χ4n) is 3.27. The van der Waals surface area contributed by atoms with Gasteiger partial charge in [0.05, 0.1) is 12.2 Å². The Morgan fingerprint density at radius 3 is 2.35 bits per heavy atom. The van der Waals surface area contributed by atoms with Crippen molar-refractivity contribution in [3.8, 4) is 5.75 Å². The number of rotatable bonds is 5. The van der Waals surface area contributed by atoms with Gasteiger partial charge in [-0.2, -0.15) is 0 Å². The zero-order valence-electron chi connectivity index (χ0n) is 14.8. The first-order valence-electron chi connectivity index (χ1n) is 8.91. The number of halogens is 1. The van der Waals surface area contributed by atoms with Gasteiger partial charge in [0.1, 0.15) is 5.75 Å². The van der Waals surface area contributed by atoms with Crippen LogP contribution in [0.15, 0.2) is 53.0 Å². The number of hydrogen-bond acceptors (Lipinski definition) is 3. The van der Waals surface area contributed by atoms with Crippen molar-refractivity contribution in [1.29, 1.82) is 0 Å². The third kappa shape index (κ3) is 4.15. The Morgan fingerprint density at radius 2 is 1.73 bits per heavy atom. The SMILES string of the molecule is CCOc1ccc(C(=O)C2CCN(C(=O)c3ccccc3Br)CC2)cc1. The van der Waals surface area contributed by atoms with Gasteiger partial charge in [0.25, 0.3) is 5.91 Å². The topological polar surface area (TPSA) is 46.6 Å². The second-order valence-corrected chi connectivity index (χ2v) is 7.22. The second-order valence-electron chi connectivity index (χ2n) is 6.37. The van der Waals surface area contributed by atoms with Crippen LogP contribution in [-0.4, -0.2) is 36.3 Å². The molecule has 4 nitrogen and oxygen atoms in total. The maximum absolute atomic E-state index is 12.7. The highest BCUT2D eigenvalue weighted by molar-refractivity contribution is 9.10. The first-order chi connectivity index (χ1) is 12.6. The quantitative estimate of drug-likeness (QED) is 0.671. The van der Waals surface area contributed by atoms with Crippen LogP contribution in [0, 0.1) is 5.92 Å². The summed E-state index contributed by atoms with van der Waals surface area (Å²) in [6.45, 7) is 3.75. The molecule has 2 aromatic carbocycles. The molecule has 1 aliphatic heterocycles. The summed E-state index contributed by atoms with van der Waals surface area (Å²) < 4.78 is 6.22. The molecule has 3 rings (SSSR count). The lowest BCUT2D eigenvalue weighted by Crippen LogP contribution is -2.40. The summed E-state index contributed by atoms with van der Waals surface area (Å²) >= 11 is 3.43. The van der Waals surface area contributed by atoms with Gasteiger partial charge in [0.15, 0.2) is 5.78 Å². The molecule has 26 heavy (non-hydrogen) atoms. The molecule has 0 spiro atoms. The average molecular weight is 416 g/mol. The number of piperidine rings is 1. The fourth-order valence-corrected chi connectivity index (χ4v) is 3.72. The van der Waals surface area contributed by atoms with Gasteiger partial charge in [-0.25, -0.2) is 0 Å². The molecule has 0 unspecified atom stereocenters. The van der Waals surface area contributed by atoms with E-state index in [1.54, 1.807) is 0 Å². The summed E-state index contributed by atoms with van der Waals surface area (Å²) in [6.07, 6.45) is 1.39. The Bertz CT molecular complexity index is 780. The number of nitrogens with zero attached hydrogens (tertiary/aromatic N) is 1. The van der Waals surface area contributed by atoms with Gasteiger partial charge >= 0.3 is 0 Å². The van der Waals surface area contributed by atoms with E-state index in [0.717, 1.165) is 10.2 Å². The van der Waals surface area contributed by atoms with Crippen molar-refractivity contribution >= 4 is 27.6 Å². The van der Waals surface area contributed by atoms with Crippen LogP contribution in [-0.2, 0) is 0 Å². The Labute approximate surface area is 162 Å². The fraction of sp³-hybridized carbons (Fsp3) is 0.333. The van der Waals surface area contributed by atoms with Gasteiger partial charge in [-0.15, -0.1) is 0 Å². The molecule has 0 radical (unpaired) electrons. The van der Waals surface area contributed by atoms with E-state index in [-0.39, 0.29) is 17.6 Å². The standard InChI is InChI=1S/C21H22BrNO3/c1-2-26-17-9-7-15(8-10-17)20(24)16-11-13-23(14-12-16)21(25)18-5-3-4-6-19(18)22/h3-10,16H,2,11-14H2,1H3. The minimum Gasteiger partial charge on any atom is -0.494 e. The van der Waals surface area contributed by atoms with Crippen molar-refractivity contribution in [1.82, 2.24) is 4.90 Å². The smallest absolute Gasteiger partial charge is 0.254 e. The summed E-state index contributed by atoms with van der Waals surface area (Å²) in [5, 5.41) is 0. The number of Topliss-reactive ketones (excluding diaryl/α,β-unsaturated/α-hetero) is 1. The second kappa shape index (κ2) is 8.49. The number of carbonyl (C=O) groups excluding carboxylic acids is 2. The Kier molecular flexibility index (Phi) is 6.09. The zero-order valence-corrected chi connectivity index (χ0v) is 16.4. The van der Waals surface area contributed by atoms with Crippen LogP contribution < -0.4 is 4.74 Å². The van der Waals surface area contributed by atoms with E-state index < -0.39 is 0 Å². The van der Waals surface area contributed by atoms with Gasteiger partial charge in [-0.05, 0) is 72.1 Å². The average Bonchev–Trinajstić information content (AvgIpc) is 2.68. The number of benzene rings is 2. The lowest BCUT2D eigenvalue weighted by Gasteiger charge is -2.31. The molecule has 0 aromatic heterocycles. The molecule has 1 saturated heterocycles. The van der Waals surface area contributed by atoms with E-state index >= 15 is 0 Å². The van der Waals surface area contributed by atoms with Crippen molar-refractivity contribution in [3.63, 3.8) is 0 Å². The molecular weight excluding hydrogens is 394 g/mol. The number of likely N-dealkylation sites (tertiary alicyclic amines) is 1. The van der Waals surface area contributed by atoms with Crippen molar-refractivity contribution in [2.45, 2.75) is 19.8 Å². The van der Waals surface area contributed by atoms with Crippen LogP contribution in [0.2, 0.25) is 0 Å². The number of amides is 1. The molecule has 1 heterocycles. The minimum atomic E-state index is -0.0313. The van der Waals surface area contributed by atoms with E-state index in [2.05, 4.69) is 15.9 Å². The molecule has 2 aromatic rings. The molecule has 0 bridgehead atoms. The molecule has 1 fully saturated rings. The van der Waals surface area contributed by atoms with Gasteiger partial charge in [0.2, 0.25) is 0 Å². The van der Waals surface area contributed by atoms with Crippen molar-refractivity contribution in [3.05, 3.63) is 64.1 Å². The molecule has 0 aliphatic carbocycles. The number of ether oxygens (including phenoxy) is 1. The van der Waals surface area contributed by atoms with Crippen LogP contribution in [0.1, 0.15) is 40.5 Å². The van der Waals surface area contributed by atoms with Crippen molar-refractivity contribution in [2.24, 2.45) is 5.92 Å². The molecule has 136 valence electrons. The zero-order chi connectivity index (χ0) is 18.5. The van der Waals surface area contributed by atoms with Crippen LogP contribution >= 0.6 is 15.9 Å². The van der Waals surface area contributed by atoms with E-state index in [0.29, 0.717) is 43.7 Å². The summed E-state index contributed by atoms with van der Waals surface area (Å²) in [4.78, 5) is 27.2. The molecule has 0 N–H and O–H groups in total. The molecule has 1 aliphatic rings. The number of hydrogen-bond donors (Lipinski definition) is 0. The summed E-state index contributed by atoms with van der Waals surface area (Å²) in [7, 11) is 0. The molecule has 5 heteroatoms. The molecule has 0 saturated carbocycles. The predicted molar refractivity (Wildman–Crippen MR) is 105 cm³/mol. The largest absolute Gasteiger partial charge is 0.494 e. The van der Waals surface area contributed by atoms with E-state index in [9.17, 15) is 9.59 Å². The molecular formula is C21H22BrNO3. The summed E-state index contributed by atoms with van der Waals surface area (Å²) in [5.74, 6) is 0.916. The Hall–Kier alpha value is -2.14. The van der Waals surface area contributed by atoms with Crippen molar-refractivity contribution < 1.29 is 14.3 Å². The van der Waals surface area contributed by atoms with Crippen LogP contribution in [0.3, 0.4) is 0 Å². The number of ketones is 1. The first kappa shape index (κ1) is 18.6. The van der Waals surface area contributed by atoms with E-state index in [1.807, 2.05) is 60.4 Å². The highest BCUT2D eigenvalue weighted by atomic mass is 79.9. The third-order valence-corrected chi connectivity index (χ3v) is 5.40. The lowest BCUT2D eigenvalue weighted by molar-refractivity contribution is 0.0649. The Balaban J connectivity index is 1.60.